The zero-order valence-electron chi connectivity index (χ0n) is 12.8. The molecule has 0 aliphatic carbocycles. The quantitative estimate of drug-likeness (QED) is 0.623. The minimum absolute atomic E-state index is 0.654. The van der Waals surface area contributed by atoms with Crippen molar-refractivity contribution in [3.63, 3.8) is 0 Å². The molecule has 0 radical (unpaired) electrons. The molecule has 3 aromatic rings. The van der Waals surface area contributed by atoms with Crippen LogP contribution in [0.15, 0.2) is 78.9 Å². The third kappa shape index (κ3) is 3.09. The van der Waals surface area contributed by atoms with Gasteiger partial charge in [-0.05, 0) is 48.5 Å². The van der Waals surface area contributed by atoms with E-state index in [1.54, 1.807) is 7.11 Å². The number of carbonyl (C=O) groups is 1. The van der Waals surface area contributed by atoms with Crippen LogP contribution in [-0.4, -0.2) is 13.4 Å². The van der Waals surface area contributed by atoms with Gasteiger partial charge in [-0.15, -0.1) is 0 Å². The van der Waals surface area contributed by atoms with E-state index in [-0.39, 0.29) is 0 Å². The number of nitrogens with zero attached hydrogens (tertiary/aromatic N) is 1. The number of benzene rings is 3. The molecule has 23 heavy (non-hydrogen) atoms. The van der Waals surface area contributed by atoms with Gasteiger partial charge in [0, 0.05) is 16.9 Å². The second-order valence-corrected chi connectivity index (χ2v) is 5.05. The molecule has 3 aromatic carbocycles. The van der Waals surface area contributed by atoms with Crippen molar-refractivity contribution in [1.82, 2.24) is 0 Å². The number of hydrogen-bond acceptors (Lipinski definition) is 3. The molecule has 0 aliphatic rings. The van der Waals surface area contributed by atoms with Crippen LogP contribution in [0.5, 0.6) is 5.75 Å². The van der Waals surface area contributed by atoms with Crippen molar-refractivity contribution < 1.29 is 9.53 Å². The topological polar surface area (TPSA) is 29.5 Å². The van der Waals surface area contributed by atoms with Gasteiger partial charge in [0.05, 0.1) is 12.8 Å². The number of rotatable bonds is 5. The van der Waals surface area contributed by atoms with Gasteiger partial charge in [0.1, 0.15) is 12.0 Å². The Hall–Kier alpha value is -3.07. The number of methoxy groups -OCH3 is 1. The molecule has 0 saturated carbocycles. The molecule has 0 aliphatic heterocycles. The van der Waals surface area contributed by atoms with Crippen LogP contribution in [0.2, 0.25) is 0 Å². The lowest BCUT2D eigenvalue weighted by atomic mass is 10.1. The van der Waals surface area contributed by atoms with Gasteiger partial charge in [-0.1, -0.05) is 30.3 Å². The molecule has 0 heterocycles. The van der Waals surface area contributed by atoms with Crippen molar-refractivity contribution in [2.24, 2.45) is 0 Å². The maximum Gasteiger partial charge on any atom is 0.150 e. The summed E-state index contributed by atoms with van der Waals surface area (Å²) in [6.45, 7) is 0. The van der Waals surface area contributed by atoms with Gasteiger partial charge in [0.2, 0.25) is 0 Å². The average molecular weight is 303 g/mol. The fourth-order valence-electron chi connectivity index (χ4n) is 2.52. The summed E-state index contributed by atoms with van der Waals surface area (Å²) in [7, 11) is 1.66. The highest BCUT2D eigenvalue weighted by atomic mass is 16.5. The number of anilines is 3. The number of aldehydes is 1. The van der Waals surface area contributed by atoms with E-state index >= 15 is 0 Å². The van der Waals surface area contributed by atoms with Crippen LogP contribution in [0.3, 0.4) is 0 Å². The molecule has 114 valence electrons. The lowest BCUT2D eigenvalue weighted by molar-refractivity contribution is 0.112. The highest BCUT2D eigenvalue weighted by molar-refractivity contribution is 5.82. The van der Waals surface area contributed by atoms with Gasteiger partial charge in [-0.25, -0.2) is 0 Å². The van der Waals surface area contributed by atoms with E-state index in [1.807, 2.05) is 78.9 Å². The predicted octanol–water partition coefficient (Wildman–Crippen LogP) is 4.98. The fraction of sp³-hybridized carbons (Fsp3) is 0.0500. The van der Waals surface area contributed by atoms with Gasteiger partial charge in [0.15, 0.2) is 0 Å². The number of carbonyl (C=O) groups excluding carboxylic acids is 1. The summed E-state index contributed by atoms with van der Waals surface area (Å²) in [5.74, 6) is 0.788. The summed E-state index contributed by atoms with van der Waals surface area (Å²) >= 11 is 0. The predicted molar refractivity (Wildman–Crippen MR) is 93.1 cm³/mol. The summed E-state index contributed by atoms with van der Waals surface area (Å²) in [6.07, 6.45) is 0.847. The van der Waals surface area contributed by atoms with Crippen LogP contribution in [0, 0.1) is 0 Å². The van der Waals surface area contributed by atoms with E-state index in [4.69, 9.17) is 4.74 Å². The standard InChI is InChI=1S/C20H17NO2/c1-23-20-10-6-5-9-19(20)21(17-7-3-2-4-8-17)18-13-11-16(15-22)12-14-18/h2-15H,1H3. The molecule has 0 N–H and O–H groups in total. The molecule has 0 aromatic heterocycles. The molecule has 0 amide bonds. The van der Waals surface area contributed by atoms with Gasteiger partial charge in [-0.3, -0.25) is 4.79 Å². The Morgan fingerprint density at radius 1 is 0.783 bits per heavy atom. The summed E-state index contributed by atoms with van der Waals surface area (Å²) < 4.78 is 5.52. The van der Waals surface area contributed by atoms with Gasteiger partial charge < -0.3 is 9.64 Å². The third-order valence-corrected chi connectivity index (χ3v) is 3.63. The number of hydrogen-bond donors (Lipinski definition) is 0. The van der Waals surface area contributed by atoms with E-state index in [1.165, 1.54) is 0 Å². The summed E-state index contributed by atoms with van der Waals surface area (Å²) in [4.78, 5) is 13.0. The first-order chi connectivity index (χ1) is 11.3. The zero-order chi connectivity index (χ0) is 16.1. The molecule has 3 rings (SSSR count). The molecule has 0 spiro atoms. The van der Waals surface area contributed by atoms with Crippen molar-refractivity contribution in [1.29, 1.82) is 0 Å². The first-order valence-corrected chi connectivity index (χ1v) is 7.37. The highest BCUT2D eigenvalue weighted by Crippen LogP contribution is 2.39. The number of ether oxygens (including phenoxy) is 1. The summed E-state index contributed by atoms with van der Waals surface area (Å²) in [5, 5.41) is 0. The molecule has 3 heteroatoms. The molecular formula is C20H17NO2. The van der Waals surface area contributed by atoms with Crippen molar-refractivity contribution in [3.8, 4) is 5.75 Å². The fourth-order valence-corrected chi connectivity index (χ4v) is 2.52. The lowest BCUT2D eigenvalue weighted by Gasteiger charge is -2.26. The SMILES string of the molecule is COc1ccccc1N(c1ccccc1)c1ccc(C=O)cc1. The maximum absolute atomic E-state index is 10.9. The molecule has 0 fully saturated rings. The first kappa shape index (κ1) is 14.9. The Morgan fingerprint density at radius 3 is 2.04 bits per heavy atom. The van der Waals surface area contributed by atoms with Crippen LogP contribution in [0.1, 0.15) is 10.4 Å². The van der Waals surface area contributed by atoms with E-state index in [0.29, 0.717) is 5.56 Å². The molecule has 0 unspecified atom stereocenters. The second kappa shape index (κ2) is 6.79. The molecule has 0 bridgehead atoms. The van der Waals surface area contributed by atoms with Crippen molar-refractivity contribution in [2.75, 3.05) is 12.0 Å². The molecule has 3 nitrogen and oxygen atoms in total. The van der Waals surface area contributed by atoms with Gasteiger partial charge in [0.25, 0.3) is 0 Å². The van der Waals surface area contributed by atoms with Gasteiger partial charge in [-0.2, -0.15) is 0 Å². The van der Waals surface area contributed by atoms with Crippen LogP contribution >= 0.6 is 0 Å². The Labute approximate surface area is 135 Å². The number of para-hydroxylation sites is 3. The molecule has 0 atom stereocenters. The Kier molecular flexibility index (Phi) is 4.39. The summed E-state index contributed by atoms with van der Waals surface area (Å²) in [5.41, 5.74) is 3.59. The molecule has 0 saturated heterocycles. The van der Waals surface area contributed by atoms with Crippen molar-refractivity contribution in [2.45, 2.75) is 0 Å². The Balaban J connectivity index is 2.15. The average Bonchev–Trinajstić information content (AvgIpc) is 2.64. The lowest BCUT2D eigenvalue weighted by Crippen LogP contribution is -2.11. The van der Waals surface area contributed by atoms with E-state index in [2.05, 4.69) is 4.90 Å². The Morgan fingerprint density at radius 2 is 1.39 bits per heavy atom. The van der Waals surface area contributed by atoms with E-state index in [0.717, 1.165) is 29.1 Å². The van der Waals surface area contributed by atoms with Crippen LogP contribution in [0.4, 0.5) is 17.1 Å². The van der Waals surface area contributed by atoms with Gasteiger partial charge >= 0.3 is 0 Å². The minimum atomic E-state index is 0.654. The van der Waals surface area contributed by atoms with Crippen LogP contribution in [0.25, 0.3) is 0 Å². The second-order valence-electron chi connectivity index (χ2n) is 5.05. The van der Waals surface area contributed by atoms with E-state index in [9.17, 15) is 4.79 Å². The van der Waals surface area contributed by atoms with E-state index < -0.39 is 0 Å². The Bertz CT molecular complexity index is 782. The van der Waals surface area contributed by atoms with Crippen molar-refractivity contribution >= 4 is 23.3 Å². The van der Waals surface area contributed by atoms with Crippen LogP contribution < -0.4 is 9.64 Å². The normalized spacial score (nSPS) is 10.1. The summed E-state index contributed by atoms with van der Waals surface area (Å²) in [6, 6.07) is 25.4. The maximum atomic E-state index is 10.9. The first-order valence-electron chi connectivity index (χ1n) is 7.37. The van der Waals surface area contributed by atoms with Crippen molar-refractivity contribution in [3.05, 3.63) is 84.4 Å². The largest absolute Gasteiger partial charge is 0.495 e. The highest BCUT2D eigenvalue weighted by Gasteiger charge is 2.15. The molecular weight excluding hydrogens is 286 g/mol. The smallest absolute Gasteiger partial charge is 0.150 e. The zero-order valence-corrected chi connectivity index (χ0v) is 12.8. The third-order valence-electron chi connectivity index (χ3n) is 3.63. The minimum Gasteiger partial charge on any atom is -0.495 e. The van der Waals surface area contributed by atoms with Crippen LogP contribution in [-0.2, 0) is 0 Å². The monoisotopic (exact) mass is 303 g/mol.